The first-order chi connectivity index (χ1) is 12.4. The van der Waals surface area contributed by atoms with Crippen LogP contribution in [0.15, 0.2) is 46.7 Å². The quantitative estimate of drug-likeness (QED) is 0.720. The van der Waals surface area contributed by atoms with Crippen LogP contribution >= 0.6 is 11.3 Å². The highest BCUT2D eigenvalue weighted by atomic mass is 32.1. The molecule has 7 nitrogen and oxygen atoms in total. The van der Waals surface area contributed by atoms with Crippen molar-refractivity contribution in [2.45, 2.75) is 26.4 Å². The third-order valence-corrected chi connectivity index (χ3v) is 4.97. The van der Waals surface area contributed by atoms with Gasteiger partial charge in [-0.25, -0.2) is 4.68 Å². The second kappa shape index (κ2) is 7.65. The molecule has 0 aliphatic rings. The van der Waals surface area contributed by atoms with Gasteiger partial charge in [-0.2, -0.15) is 10.2 Å². The van der Waals surface area contributed by atoms with Crippen molar-refractivity contribution in [3.05, 3.63) is 58.0 Å². The van der Waals surface area contributed by atoms with Crippen molar-refractivity contribution in [1.82, 2.24) is 24.9 Å². The molecule has 0 unspecified atom stereocenters. The molecular weight excluding hydrogens is 350 g/mol. The van der Waals surface area contributed by atoms with Crippen molar-refractivity contribution < 1.29 is 4.79 Å². The van der Waals surface area contributed by atoms with E-state index in [0.29, 0.717) is 12.2 Å². The molecule has 0 fully saturated rings. The summed E-state index contributed by atoms with van der Waals surface area (Å²) in [6.45, 7) is 4.29. The van der Waals surface area contributed by atoms with Crippen LogP contribution in [0.2, 0.25) is 0 Å². The lowest BCUT2D eigenvalue weighted by atomic mass is 10.0. The fourth-order valence-electron chi connectivity index (χ4n) is 2.52. The Morgan fingerprint density at radius 2 is 2.04 bits per heavy atom. The fraction of sp³-hybridized carbons (Fsp3) is 0.333. The number of thiophene rings is 1. The SMILES string of the molecule is CC(C)[C@@H](Cn1nc(-c2cccs2)ccc1=O)NC(=O)c1ccn(C)n1. The lowest BCUT2D eigenvalue weighted by Gasteiger charge is -2.22. The van der Waals surface area contributed by atoms with Gasteiger partial charge in [0, 0.05) is 19.3 Å². The normalized spacial score (nSPS) is 12.3. The molecule has 8 heteroatoms. The Kier molecular flexibility index (Phi) is 5.32. The largest absolute Gasteiger partial charge is 0.346 e. The van der Waals surface area contributed by atoms with Gasteiger partial charge in [-0.3, -0.25) is 14.3 Å². The third-order valence-electron chi connectivity index (χ3n) is 4.08. The third kappa shape index (κ3) is 4.08. The van der Waals surface area contributed by atoms with E-state index in [1.807, 2.05) is 31.4 Å². The molecular formula is C18H21N5O2S. The van der Waals surface area contributed by atoms with Gasteiger partial charge in [0.15, 0.2) is 0 Å². The number of hydrogen-bond donors (Lipinski definition) is 1. The first-order valence-electron chi connectivity index (χ1n) is 8.36. The molecule has 136 valence electrons. The van der Waals surface area contributed by atoms with Crippen molar-refractivity contribution in [1.29, 1.82) is 0 Å². The highest BCUT2D eigenvalue weighted by molar-refractivity contribution is 7.13. The molecule has 0 saturated heterocycles. The van der Waals surface area contributed by atoms with Gasteiger partial charge >= 0.3 is 0 Å². The average molecular weight is 371 g/mol. The van der Waals surface area contributed by atoms with E-state index in [-0.39, 0.29) is 23.4 Å². The number of carbonyl (C=O) groups is 1. The smallest absolute Gasteiger partial charge is 0.272 e. The predicted octanol–water partition coefficient (Wildman–Crippen LogP) is 2.16. The zero-order chi connectivity index (χ0) is 18.7. The lowest BCUT2D eigenvalue weighted by molar-refractivity contribution is 0.0913. The van der Waals surface area contributed by atoms with Crippen molar-refractivity contribution >= 4 is 17.2 Å². The molecule has 3 rings (SSSR count). The van der Waals surface area contributed by atoms with Crippen LogP contribution in [0.1, 0.15) is 24.3 Å². The van der Waals surface area contributed by atoms with E-state index in [9.17, 15) is 9.59 Å². The highest BCUT2D eigenvalue weighted by Gasteiger charge is 2.20. The van der Waals surface area contributed by atoms with Gasteiger partial charge in [-0.15, -0.1) is 11.3 Å². The standard InChI is InChI=1S/C18H21N5O2S/c1-12(2)15(19-18(25)14-8-9-22(3)20-14)11-23-17(24)7-6-13(21-23)16-5-4-10-26-16/h4-10,12,15H,11H2,1-3H3,(H,19,25)/t15-/m1/s1. The van der Waals surface area contributed by atoms with Gasteiger partial charge in [0.2, 0.25) is 0 Å². The summed E-state index contributed by atoms with van der Waals surface area (Å²) in [5, 5.41) is 13.5. The van der Waals surface area contributed by atoms with E-state index in [1.54, 1.807) is 41.4 Å². The monoisotopic (exact) mass is 371 g/mol. The van der Waals surface area contributed by atoms with Crippen LogP contribution in [-0.4, -0.2) is 31.5 Å². The van der Waals surface area contributed by atoms with Gasteiger partial charge < -0.3 is 5.32 Å². The van der Waals surface area contributed by atoms with E-state index in [1.165, 1.54) is 10.7 Å². The topological polar surface area (TPSA) is 81.8 Å². The highest BCUT2D eigenvalue weighted by Crippen LogP contribution is 2.21. The van der Waals surface area contributed by atoms with Crippen LogP contribution in [0, 0.1) is 5.92 Å². The molecule has 0 aliphatic heterocycles. The molecule has 0 radical (unpaired) electrons. The number of rotatable bonds is 6. The van der Waals surface area contributed by atoms with Crippen LogP contribution in [0.25, 0.3) is 10.6 Å². The first-order valence-corrected chi connectivity index (χ1v) is 9.24. The minimum atomic E-state index is -0.258. The first kappa shape index (κ1) is 18.1. The van der Waals surface area contributed by atoms with Gasteiger partial charge in [-0.1, -0.05) is 19.9 Å². The summed E-state index contributed by atoms with van der Waals surface area (Å²) >= 11 is 1.57. The molecule has 0 aromatic carbocycles. The molecule has 26 heavy (non-hydrogen) atoms. The number of amides is 1. The van der Waals surface area contributed by atoms with Crippen molar-refractivity contribution in [2.24, 2.45) is 13.0 Å². The summed E-state index contributed by atoms with van der Waals surface area (Å²) in [6, 6.07) is 8.57. The summed E-state index contributed by atoms with van der Waals surface area (Å²) < 4.78 is 2.99. The van der Waals surface area contributed by atoms with Crippen molar-refractivity contribution in [3.8, 4) is 10.6 Å². The molecule has 1 N–H and O–H groups in total. The Balaban J connectivity index is 1.81. The van der Waals surface area contributed by atoms with Gasteiger partial charge in [0.25, 0.3) is 11.5 Å². The Bertz CT molecular complexity index is 943. The summed E-state index contributed by atoms with van der Waals surface area (Å²) in [7, 11) is 1.76. The maximum atomic E-state index is 12.4. The second-order valence-electron chi connectivity index (χ2n) is 6.41. The van der Waals surface area contributed by atoms with Gasteiger partial charge in [0.1, 0.15) is 11.4 Å². The maximum absolute atomic E-state index is 12.4. The van der Waals surface area contributed by atoms with Gasteiger partial charge in [-0.05, 0) is 29.5 Å². The van der Waals surface area contributed by atoms with E-state index in [4.69, 9.17) is 0 Å². The van der Waals surface area contributed by atoms with Crippen LogP contribution < -0.4 is 10.9 Å². The van der Waals surface area contributed by atoms with Crippen LogP contribution in [0.4, 0.5) is 0 Å². The fourth-order valence-corrected chi connectivity index (χ4v) is 3.21. The zero-order valence-corrected chi connectivity index (χ0v) is 15.7. The molecule has 3 heterocycles. The maximum Gasteiger partial charge on any atom is 0.272 e. The van der Waals surface area contributed by atoms with Crippen molar-refractivity contribution in [2.75, 3.05) is 0 Å². The second-order valence-corrected chi connectivity index (χ2v) is 7.36. The molecule has 0 saturated carbocycles. The average Bonchev–Trinajstić information content (AvgIpc) is 3.27. The van der Waals surface area contributed by atoms with E-state index in [0.717, 1.165) is 10.6 Å². The Morgan fingerprint density at radius 3 is 2.65 bits per heavy atom. The van der Waals surface area contributed by atoms with Crippen molar-refractivity contribution in [3.63, 3.8) is 0 Å². The molecule has 1 amide bonds. The zero-order valence-electron chi connectivity index (χ0n) is 14.9. The van der Waals surface area contributed by atoms with E-state index in [2.05, 4.69) is 15.5 Å². The molecule has 3 aromatic rings. The van der Waals surface area contributed by atoms with Crippen LogP contribution in [0.5, 0.6) is 0 Å². The number of carbonyl (C=O) groups excluding carboxylic acids is 1. The van der Waals surface area contributed by atoms with Crippen LogP contribution in [-0.2, 0) is 13.6 Å². The molecule has 3 aromatic heterocycles. The number of nitrogens with one attached hydrogen (secondary N) is 1. The molecule has 0 spiro atoms. The lowest BCUT2D eigenvalue weighted by Crippen LogP contribution is -2.44. The summed E-state index contributed by atoms with van der Waals surface area (Å²) in [5.41, 5.74) is 0.909. The molecule has 0 aliphatic carbocycles. The van der Waals surface area contributed by atoms with E-state index < -0.39 is 0 Å². The summed E-state index contributed by atoms with van der Waals surface area (Å²) in [6.07, 6.45) is 1.72. The minimum Gasteiger partial charge on any atom is -0.346 e. The summed E-state index contributed by atoms with van der Waals surface area (Å²) in [4.78, 5) is 25.6. The van der Waals surface area contributed by atoms with Gasteiger partial charge in [0.05, 0.1) is 17.5 Å². The molecule has 1 atom stereocenters. The Hall–Kier alpha value is -2.74. The number of aryl methyl sites for hydroxylation is 1. The summed E-state index contributed by atoms with van der Waals surface area (Å²) in [5.74, 6) is -0.131. The number of nitrogens with zero attached hydrogens (tertiary/aromatic N) is 4. The van der Waals surface area contributed by atoms with Crippen LogP contribution in [0.3, 0.4) is 0 Å². The Labute approximate surface area is 155 Å². The predicted molar refractivity (Wildman–Crippen MR) is 101 cm³/mol. The van der Waals surface area contributed by atoms with E-state index >= 15 is 0 Å². The Morgan fingerprint density at radius 1 is 1.23 bits per heavy atom. The molecule has 0 bridgehead atoms. The number of aromatic nitrogens is 4. The number of hydrogen-bond acceptors (Lipinski definition) is 5. The minimum absolute atomic E-state index is 0.127.